The molecule has 2 unspecified atom stereocenters. The molecule has 1 N–H and O–H groups in total. The number of benzene rings is 1. The van der Waals surface area contributed by atoms with Gasteiger partial charge in [-0.05, 0) is 51.4 Å². The number of nitrogens with one attached hydrogen (secondary N) is 1. The van der Waals surface area contributed by atoms with Crippen molar-refractivity contribution >= 4 is 0 Å². The zero-order chi connectivity index (χ0) is 13.0. The number of hydrogen-bond donors (Lipinski definition) is 1. The van der Waals surface area contributed by atoms with Gasteiger partial charge >= 0.3 is 0 Å². The smallest absolute Gasteiger partial charge is 0.0233 e. The van der Waals surface area contributed by atoms with Crippen LogP contribution in [0.3, 0.4) is 0 Å². The molecule has 0 bridgehead atoms. The topological polar surface area (TPSA) is 15.3 Å². The molecule has 0 aromatic heterocycles. The van der Waals surface area contributed by atoms with Gasteiger partial charge in [0.1, 0.15) is 0 Å². The van der Waals surface area contributed by atoms with Crippen LogP contribution in [0.25, 0.3) is 0 Å². The van der Waals surface area contributed by atoms with Crippen LogP contribution in [0, 0.1) is 12.8 Å². The Balaban J connectivity index is 1.84. The Morgan fingerprint density at radius 1 is 1.22 bits per heavy atom. The van der Waals surface area contributed by atoms with Gasteiger partial charge in [-0.2, -0.15) is 0 Å². The molecule has 1 fully saturated rings. The highest BCUT2D eigenvalue weighted by Crippen LogP contribution is 2.31. The first-order valence-electron chi connectivity index (χ1n) is 7.17. The Morgan fingerprint density at radius 3 is 2.50 bits per heavy atom. The first-order valence-corrected chi connectivity index (χ1v) is 7.17. The number of hydrogen-bond acceptors (Lipinski definition) is 2. The summed E-state index contributed by atoms with van der Waals surface area (Å²) >= 11 is 0. The zero-order valence-corrected chi connectivity index (χ0v) is 11.9. The first kappa shape index (κ1) is 13.6. The van der Waals surface area contributed by atoms with Crippen molar-refractivity contribution in [1.82, 2.24) is 10.2 Å². The largest absolute Gasteiger partial charge is 0.317 e. The van der Waals surface area contributed by atoms with Gasteiger partial charge in [0.15, 0.2) is 0 Å². The van der Waals surface area contributed by atoms with E-state index in [-0.39, 0.29) is 0 Å². The zero-order valence-electron chi connectivity index (χ0n) is 11.9. The molecule has 2 rings (SSSR count). The van der Waals surface area contributed by atoms with Gasteiger partial charge in [-0.1, -0.05) is 36.8 Å². The van der Waals surface area contributed by atoms with Crippen LogP contribution in [0.4, 0.5) is 0 Å². The molecule has 0 spiro atoms. The van der Waals surface area contributed by atoms with Crippen LogP contribution in [0.5, 0.6) is 0 Å². The van der Waals surface area contributed by atoms with Gasteiger partial charge in [0.2, 0.25) is 0 Å². The van der Waals surface area contributed by atoms with E-state index < -0.39 is 0 Å². The normalized spacial score (nSPS) is 23.1. The lowest BCUT2D eigenvalue weighted by molar-refractivity contribution is 0.0784. The van der Waals surface area contributed by atoms with Gasteiger partial charge in [-0.15, -0.1) is 0 Å². The molecule has 0 saturated heterocycles. The average molecular weight is 246 g/mol. The Hall–Kier alpha value is -0.860. The van der Waals surface area contributed by atoms with Crippen LogP contribution in [-0.4, -0.2) is 31.1 Å². The summed E-state index contributed by atoms with van der Waals surface area (Å²) in [5, 5.41) is 3.48. The fourth-order valence-electron chi connectivity index (χ4n) is 2.80. The van der Waals surface area contributed by atoms with Crippen LogP contribution in [0.1, 0.15) is 30.9 Å². The predicted octanol–water partition coefficient (Wildman–Crippen LogP) is 2.81. The third kappa shape index (κ3) is 3.33. The molecule has 1 saturated carbocycles. The summed E-state index contributed by atoms with van der Waals surface area (Å²) in [7, 11) is 2.27. The van der Waals surface area contributed by atoms with Crippen LogP contribution >= 0.6 is 0 Å². The quantitative estimate of drug-likeness (QED) is 0.830. The van der Waals surface area contributed by atoms with Gasteiger partial charge in [-0.25, -0.2) is 0 Å². The van der Waals surface area contributed by atoms with E-state index in [1.165, 1.54) is 30.5 Å². The minimum atomic E-state index is 0.769. The second-order valence-corrected chi connectivity index (χ2v) is 5.61. The maximum atomic E-state index is 3.48. The lowest BCUT2D eigenvalue weighted by atomic mass is 9.78. The molecule has 2 heteroatoms. The van der Waals surface area contributed by atoms with E-state index in [2.05, 4.69) is 55.4 Å². The Kier molecular flexibility index (Phi) is 4.79. The Morgan fingerprint density at radius 2 is 1.94 bits per heavy atom. The van der Waals surface area contributed by atoms with Crippen molar-refractivity contribution in [2.45, 2.75) is 39.3 Å². The highest BCUT2D eigenvalue weighted by atomic mass is 15.1. The van der Waals surface area contributed by atoms with Gasteiger partial charge in [0, 0.05) is 12.6 Å². The van der Waals surface area contributed by atoms with Gasteiger partial charge in [-0.3, -0.25) is 4.90 Å². The van der Waals surface area contributed by atoms with Gasteiger partial charge < -0.3 is 5.32 Å². The maximum Gasteiger partial charge on any atom is 0.0233 e. The predicted molar refractivity (Wildman–Crippen MR) is 77.7 cm³/mol. The molecule has 1 aliphatic rings. The molecular weight excluding hydrogens is 220 g/mol. The number of nitrogens with zero attached hydrogens (tertiary/aromatic N) is 1. The maximum absolute atomic E-state index is 3.48. The molecule has 1 aromatic carbocycles. The van der Waals surface area contributed by atoms with Crippen LogP contribution in [0.2, 0.25) is 0 Å². The van der Waals surface area contributed by atoms with E-state index in [9.17, 15) is 0 Å². The first-order chi connectivity index (χ1) is 8.70. The van der Waals surface area contributed by atoms with Crippen molar-refractivity contribution in [3.05, 3.63) is 35.4 Å². The van der Waals surface area contributed by atoms with Crippen molar-refractivity contribution in [2.75, 3.05) is 20.1 Å². The van der Waals surface area contributed by atoms with Crippen LogP contribution < -0.4 is 5.32 Å². The fourth-order valence-corrected chi connectivity index (χ4v) is 2.80. The molecule has 1 aliphatic carbocycles. The standard InChI is InChI=1S/C16H26N2/c1-4-17-11-15-9-10-16(15)18(3)12-14-7-5-13(2)6-8-14/h5-8,15-17H,4,9-12H2,1-3H3. The molecule has 0 heterocycles. The minimum Gasteiger partial charge on any atom is -0.317 e. The van der Waals surface area contributed by atoms with Gasteiger partial charge in [0.05, 0.1) is 0 Å². The highest BCUT2D eigenvalue weighted by Gasteiger charge is 2.33. The Labute approximate surface area is 111 Å². The second kappa shape index (κ2) is 6.35. The lowest BCUT2D eigenvalue weighted by Gasteiger charge is -2.43. The van der Waals surface area contributed by atoms with Crippen molar-refractivity contribution < 1.29 is 0 Å². The van der Waals surface area contributed by atoms with E-state index >= 15 is 0 Å². The highest BCUT2D eigenvalue weighted by molar-refractivity contribution is 5.21. The van der Waals surface area contributed by atoms with Gasteiger partial charge in [0.25, 0.3) is 0 Å². The third-order valence-corrected chi connectivity index (χ3v) is 4.15. The summed E-state index contributed by atoms with van der Waals surface area (Å²) in [6.45, 7) is 7.67. The molecule has 18 heavy (non-hydrogen) atoms. The molecular formula is C16H26N2. The molecule has 1 aromatic rings. The van der Waals surface area contributed by atoms with E-state index in [4.69, 9.17) is 0 Å². The summed E-state index contributed by atoms with van der Waals surface area (Å²) in [6.07, 6.45) is 2.74. The molecule has 2 nitrogen and oxygen atoms in total. The monoisotopic (exact) mass is 246 g/mol. The molecule has 2 atom stereocenters. The lowest BCUT2D eigenvalue weighted by Crippen LogP contribution is -2.48. The van der Waals surface area contributed by atoms with Crippen molar-refractivity contribution in [2.24, 2.45) is 5.92 Å². The Bertz CT molecular complexity index is 358. The number of aryl methyl sites for hydroxylation is 1. The second-order valence-electron chi connectivity index (χ2n) is 5.61. The molecule has 0 radical (unpaired) electrons. The van der Waals surface area contributed by atoms with E-state index in [0.29, 0.717) is 0 Å². The van der Waals surface area contributed by atoms with E-state index in [1.54, 1.807) is 0 Å². The van der Waals surface area contributed by atoms with Crippen molar-refractivity contribution in [3.8, 4) is 0 Å². The van der Waals surface area contributed by atoms with Crippen molar-refractivity contribution in [3.63, 3.8) is 0 Å². The third-order valence-electron chi connectivity index (χ3n) is 4.15. The molecule has 100 valence electrons. The summed E-state index contributed by atoms with van der Waals surface area (Å²) < 4.78 is 0. The fraction of sp³-hybridized carbons (Fsp3) is 0.625. The molecule has 0 aliphatic heterocycles. The number of rotatable bonds is 6. The summed E-state index contributed by atoms with van der Waals surface area (Å²) in [4.78, 5) is 2.52. The van der Waals surface area contributed by atoms with Crippen molar-refractivity contribution in [1.29, 1.82) is 0 Å². The van der Waals surface area contributed by atoms with E-state index in [1.807, 2.05) is 0 Å². The van der Waals surface area contributed by atoms with E-state index in [0.717, 1.165) is 25.0 Å². The summed E-state index contributed by atoms with van der Waals surface area (Å²) in [6, 6.07) is 9.69. The SMILES string of the molecule is CCNCC1CCC1N(C)Cc1ccc(C)cc1. The van der Waals surface area contributed by atoms with Crippen LogP contribution in [0.15, 0.2) is 24.3 Å². The summed E-state index contributed by atoms with van der Waals surface area (Å²) in [5.41, 5.74) is 2.77. The summed E-state index contributed by atoms with van der Waals surface area (Å²) in [5.74, 6) is 0.848. The minimum absolute atomic E-state index is 0.769. The molecule has 0 amide bonds. The van der Waals surface area contributed by atoms with Crippen LogP contribution in [-0.2, 0) is 6.54 Å². The average Bonchev–Trinajstić information content (AvgIpc) is 2.31.